The summed E-state index contributed by atoms with van der Waals surface area (Å²) in [6, 6.07) is 14.0. The number of amides is 5. The van der Waals surface area contributed by atoms with Crippen LogP contribution in [0, 0.1) is 5.41 Å². The standard InChI is InChI=1S/C26H28N4O4/c1-17(31)27-20-11-12-21-19(14-20)15-26(22-10-6-3-7-13-29(21)22)23(32)28-25(34)30(24(26)33)16-18-8-4-2-5-9-18/h2,4-5,8-9,11-12,14,22H,3,6-7,10,13,15-16H2,1H3,(H,27,31)(H,28,32,34). The summed E-state index contributed by atoms with van der Waals surface area (Å²) in [5, 5.41) is 5.30. The summed E-state index contributed by atoms with van der Waals surface area (Å²) in [6.07, 6.45) is 3.77. The molecule has 2 fully saturated rings. The van der Waals surface area contributed by atoms with Crippen LogP contribution in [0.5, 0.6) is 0 Å². The summed E-state index contributed by atoms with van der Waals surface area (Å²) < 4.78 is 0. The molecule has 2 aromatic carbocycles. The number of anilines is 2. The van der Waals surface area contributed by atoms with Gasteiger partial charge in [-0.15, -0.1) is 0 Å². The first-order valence-electron chi connectivity index (χ1n) is 11.8. The fraction of sp³-hybridized carbons (Fsp3) is 0.385. The first-order valence-corrected chi connectivity index (χ1v) is 11.8. The Labute approximate surface area is 198 Å². The molecule has 0 bridgehead atoms. The van der Waals surface area contributed by atoms with Crippen LogP contribution in [0.25, 0.3) is 0 Å². The van der Waals surface area contributed by atoms with Crippen molar-refractivity contribution in [2.45, 2.75) is 51.6 Å². The molecule has 176 valence electrons. The number of carbonyl (C=O) groups is 4. The number of benzene rings is 2. The third kappa shape index (κ3) is 3.63. The fourth-order valence-corrected chi connectivity index (χ4v) is 5.68. The van der Waals surface area contributed by atoms with Gasteiger partial charge in [-0.2, -0.15) is 0 Å². The molecule has 1 spiro atoms. The maximum absolute atomic E-state index is 14.1. The van der Waals surface area contributed by atoms with E-state index < -0.39 is 23.3 Å². The van der Waals surface area contributed by atoms with E-state index in [1.54, 1.807) is 0 Å². The third-order valence-corrected chi connectivity index (χ3v) is 7.18. The summed E-state index contributed by atoms with van der Waals surface area (Å²) in [5.41, 5.74) is 1.84. The number of nitrogens with one attached hydrogen (secondary N) is 2. The van der Waals surface area contributed by atoms with Gasteiger partial charge in [-0.3, -0.25) is 24.6 Å². The monoisotopic (exact) mass is 460 g/mol. The SMILES string of the molecule is CC(=O)Nc1ccc2c(c1)CC1(C(=O)NC(=O)N(Cc3ccccc3)C1=O)C1CCCCCN21. The molecule has 34 heavy (non-hydrogen) atoms. The van der Waals surface area contributed by atoms with Gasteiger partial charge in [-0.1, -0.05) is 43.2 Å². The van der Waals surface area contributed by atoms with Crippen LogP contribution in [0.1, 0.15) is 43.7 Å². The maximum atomic E-state index is 14.1. The lowest BCUT2D eigenvalue weighted by molar-refractivity contribution is -0.154. The molecule has 0 aliphatic carbocycles. The van der Waals surface area contributed by atoms with Gasteiger partial charge in [0.1, 0.15) is 0 Å². The van der Waals surface area contributed by atoms with Crippen LogP contribution in [-0.4, -0.2) is 41.2 Å². The molecule has 3 heterocycles. The second-order valence-corrected chi connectivity index (χ2v) is 9.37. The number of imide groups is 2. The van der Waals surface area contributed by atoms with Crippen molar-refractivity contribution in [1.82, 2.24) is 10.2 Å². The highest BCUT2D eigenvalue weighted by atomic mass is 16.2. The molecule has 2 aromatic rings. The van der Waals surface area contributed by atoms with Gasteiger partial charge in [0.15, 0.2) is 5.41 Å². The smallest absolute Gasteiger partial charge is 0.331 e. The number of hydrogen-bond donors (Lipinski definition) is 2. The van der Waals surface area contributed by atoms with Gasteiger partial charge >= 0.3 is 6.03 Å². The Bertz CT molecular complexity index is 1160. The lowest BCUT2D eigenvalue weighted by Crippen LogP contribution is -2.71. The van der Waals surface area contributed by atoms with Gasteiger partial charge in [-0.25, -0.2) is 4.79 Å². The number of rotatable bonds is 3. The minimum Gasteiger partial charge on any atom is -0.367 e. The van der Waals surface area contributed by atoms with Crippen molar-refractivity contribution in [3.8, 4) is 0 Å². The van der Waals surface area contributed by atoms with Crippen molar-refractivity contribution in [2.75, 3.05) is 16.8 Å². The number of carbonyl (C=O) groups excluding carboxylic acids is 4. The summed E-state index contributed by atoms with van der Waals surface area (Å²) in [7, 11) is 0. The summed E-state index contributed by atoms with van der Waals surface area (Å²) in [4.78, 5) is 55.5. The molecule has 5 amide bonds. The molecule has 2 saturated heterocycles. The second kappa shape index (κ2) is 8.59. The number of hydrogen-bond acceptors (Lipinski definition) is 5. The lowest BCUT2D eigenvalue weighted by atomic mass is 9.67. The van der Waals surface area contributed by atoms with Crippen LogP contribution in [0.15, 0.2) is 48.5 Å². The maximum Gasteiger partial charge on any atom is 0.331 e. The zero-order chi connectivity index (χ0) is 23.9. The van der Waals surface area contributed by atoms with E-state index in [4.69, 9.17) is 0 Å². The zero-order valence-electron chi connectivity index (χ0n) is 19.2. The second-order valence-electron chi connectivity index (χ2n) is 9.37. The van der Waals surface area contributed by atoms with Crippen molar-refractivity contribution in [3.63, 3.8) is 0 Å². The van der Waals surface area contributed by atoms with Crippen LogP contribution in [-0.2, 0) is 27.3 Å². The molecule has 0 radical (unpaired) electrons. The van der Waals surface area contributed by atoms with Crippen molar-refractivity contribution in [3.05, 3.63) is 59.7 Å². The summed E-state index contributed by atoms with van der Waals surface area (Å²) >= 11 is 0. The normalized spacial score (nSPS) is 24.3. The molecule has 0 saturated carbocycles. The van der Waals surface area contributed by atoms with E-state index in [1.165, 1.54) is 11.8 Å². The molecule has 3 aliphatic rings. The molecule has 5 rings (SSSR count). The molecule has 2 atom stereocenters. The van der Waals surface area contributed by atoms with Gasteiger partial charge in [0.2, 0.25) is 17.7 Å². The number of urea groups is 1. The van der Waals surface area contributed by atoms with E-state index in [9.17, 15) is 19.2 Å². The van der Waals surface area contributed by atoms with Crippen molar-refractivity contribution >= 4 is 35.1 Å². The van der Waals surface area contributed by atoms with E-state index in [2.05, 4.69) is 15.5 Å². The molecule has 3 aliphatic heterocycles. The topological polar surface area (TPSA) is 98.8 Å². The quantitative estimate of drug-likeness (QED) is 0.686. The van der Waals surface area contributed by atoms with Gasteiger partial charge < -0.3 is 10.2 Å². The van der Waals surface area contributed by atoms with E-state index in [-0.39, 0.29) is 24.9 Å². The average molecular weight is 461 g/mol. The Morgan fingerprint density at radius 3 is 2.65 bits per heavy atom. The van der Waals surface area contributed by atoms with E-state index in [1.807, 2.05) is 48.5 Å². The fourth-order valence-electron chi connectivity index (χ4n) is 5.68. The molecular formula is C26H28N4O4. The van der Waals surface area contributed by atoms with Crippen LogP contribution in [0.3, 0.4) is 0 Å². The summed E-state index contributed by atoms with van der Waals surface area (Å²) in [5.74, 6) is -1.17. The Balaban J connectivity index is 1.60. The Kier molecular flexibility index (Phi) is 5.59. The number of fused-ring (bicyclic) bond motifs is 4. The largest absolute Gasteiger partial charge is 0.367 e. The highest BCUT2D eigenvalue weighted by Crippen LogP contribution is 2.47. The highest BCUT2D eigenvalue weighted by molar-refractivity contribution is 6.20. The number of nitrogens with zero attached hydrogens (tertiary/aromatic N) is 2. The van der Waals surface area contributed by atoms with Gasteiger partial charge in [-0.05, 0) is 48.6 Å². The van der Waals surface area contributed by atoms with E-state index >= 15 is 0 Å². The molecule has 0 aromatic heterocycles. The van der Waals surface area contributed by atoms with Gasteiger partial charge in [0, 0.05) is 24.8 Å². The van der Waals surface area contributed by atoms with Crippen LogP contribution in [0.2, 0.25) is 0 Å². The van der Waals surface area contributed by atoms with Crippen LogP contribution >= 0.6 is 0 Å². The molecule has 2 unspecified atom stereocenters. The van der Waals surface area contributed by atoms with Crippen LogP contribution in [0.4, 0.5) is 16.2 Å². The first-order chi connectivity index (χ1) is 16.4. The number of barbiturate groups is 1. The van der Waals surface area contributed by atoms with Crippen molar-refractivity contribution in [2.24, 2.45) is 5.41 Å². The molecule has 2 N–H and O–H groups in total. The predicted molar refractivity (Wildman–Crippen MR) is 127 cm³/mol. The lowest BCUT2D eigenvalue weighted by Gasteiger charge is -2.51. The predicted octanol–water partition coefficient (Wildman–Crippen LogP) is 3.22. The van der Waals surface area contributed by atoms with Crippen molar-refractivity contribution < 1.29 is 19.2 Å². The van der Waals surface area contributed by atoms with E-state index in [0.29, 0.717) is 12.1 Å². The highest BCUT2D eigenvalue weighted by Gasteiger charge is 2.61. The summed E-state index contributed by atoms with van der Waals surface area (Å²) in [6.45, 7) is 2.27. The van der Waals surface area contributed by atoms with Crippen LogP contribution < -0.4 is 15.5 Å². The van der Waals surface area contributed by atoms with Gasteiger partial charge in [0.05, 0.1) is 12.6 Å². The van der Waals surface area contributed by atoms with E-state index in [0.717, 1.165) is 42.6 Å². The van der Waals surface area contributed by atoms with Gasteiger partial charge in [0.25, 0.3) is 0 Å². The minimum atomic E-state index is -1.41. The molecule has 8 nitrogen and oxygen atoms in total. The van der Waals surface area contributed by atoms with Crippen molar-refractivity contribution in [1.29, 1.82) is 0 Å². The Morgan fingerprint density at radius 1 is 1.09 bits per heavy atom. The first kappa shape index (κ1) is 22.1. The minimum absolute atomic E-state index is 0.103. The average Bonchev–Trinajstić information content (AvgIpc) is 3.07. The Morgan fingerprint density at radius 2 is 1.88 bits per heavy atom. The zero-order valence-corrected chi connectivity index (χ0v) is 19.2. The molecule has 8 heteroatoms. The third-order valence-electron chi connectivity index (χ3n) is 7.18. The Hall–Kier alpha value is -3.68. The molecular weight excluding hydrogens is 432 g/mol.